The summed E-state index contributed by atoms with van der Waals surface area (Å²) < 4.78 is 5.62. The molecule has 0 saturated carbocycles. The van der Waals surface area contributed by atoms with Gasteiger partial charge in [-0.1, -0.05) is 35.5 Å². The number of amides is 1. The van der Waals surface area contributed by atoms with Gasteiger partial charge >= 0.3 is 0 Å². The maximum atomic E-state index is 12.9. The van der Waals surface area contributed by atoms with Gasteiger partial charge < -0.3 is 14.7 Å². The summed E-state index contributed by atoms with van der Waals surface area (Å²) in [5.41, 5.74) is 4.40. The summed E-state index contributed by atoms with van der Waals surface area (Å²) >= 11 is 0. The molecule has 0 saturated heterocycles. The molecule has 0 atom stereocenters. The standard InChI is InChI=1S/C27H30N6O2.2H2/c1-18-25(23-16-21(32-35-23)19-9-7-6-8-10-19)31-22(17-30-18)20-11-12-28-24(15-20)27(2,3)26(34)29-13-14-33(4)5;;/h6-12,15-17H,13-14H2,1-5H3,(H,29,34);2*1H. The summed E-state index contributed by atoms with van der Waals surface area (Å²) in [5.74, 6) is 0.473. The Morgan fingerprint density at radius 2 is 1.83 bits per heavy atom. The second-order valence-electron chi connectivity index (χ2n) is 9.25. The molecule has 1 aromatic carbocycles. The molecule has 35 heavy (non-hydrogen) atoms. The summed E-state index contributed by atoms with van der Waals surface area (Å²) in [4.78, 5) is 28.8. The van der Waals surface area contributed by atoms with Crippen LogP contribution in [0.3, 0.4) is 0 Å². The van der Waals surface area contributed by atoms with Crippen molar-refractivity contribution in [3.8, 4) is 34.0 Å². The zero-order chi connectivity index (χ0) is 25.0. The number of nitrogens with zero attached hydrogens (tertiary/aromatic N) is 5. The van der Waals surface area contributed by atoms with Crippen LogP contribution in [0.15, 0.2) is 65.4 Å². The first-order valence-corrected chi connectivity index (χ1v) is 11.5. The fourth-order valence-corrected chi connectivity index (χ4v) is 3.62. The van der Waals surface area contributed by atoms with Gasteiger partial charge in [0.2, 0.25) is 5.91 Å². The van der Waals surface area contributed by atoms with Crippen molar-refractivity contribution < 1.29 is 12.2 Å². The Kier molecular flexibility index (Phi) is 7.02. The van der Waals surface area contributed by atoms with Gasteiger partial charge in [0.05, 0.1) is 28.7 Å². The number of hydrogen-bond acceptors (Lipinski definition) is 7. The van der Waals surface area contributed by atoms with E-state index < -0.39 is 5.41 Å². The molecule has 0 aliphatic heterocycles. The fraction of sp³-hybridized carbons (Fsp3) is 0.296. The highest BCUT2D eigenvalue weighted by Gasteiger charge is 2.31. The van der Waals surface area contributed by atoms with Gasteiger partial charge in [-0.05, 0) is 47.0 Å². The first kappa shape index (κ1) is 24.2. The molecule has 0 radical (unpaired) electrons. The third-order valence-corrected chi connectivity index (χ3v) is 5.88. The molecule has 0 aliphatic rings. The van der Waals surface area contributed by atoms with Gasteiger partial charge in [-0.2, -0.15) is 0 Å². The lowest BCUT2D eigenvalue weighted by molar-refractivity contribution is -0.125. The molecule has 3 aromatic heterocycles. The van der Waals surface area contributed by atoms with Gasteiger partial charge in [-0.15, -0.1) is 0 Å². The van der Waals surface area contributed by atoms with Crippen molar-refractivity contribution >= 4 is 5.91 Å². The quantitative estimate of drug-likeness (QED) is 0.398. The molecule has 0 spiro atoms. The van der Waals surface area contributed by atoms with E-state index in [4.69, 9.17) is 9.51 Å². The number of nitrogens with one attached hydrogen (secondary N) is 1. The number of aromatic nitrogens is 4. The summed E-state index contributed by atoms with van der Waals surface area (Å²) in [6.07, 6.45) is 3.42. The van der Waals surface area contributed by atoms with Gasteiger partial charge in [-0.25, -0.2) is 4.98 Å². The molecule has 8 nitrogen and oxygen atoms in total. The van der Waals surface area contributed by atoms with Gasteiger partial charge in [0.1, 0.15) is 11.4 Å². The molecule has 1 N–H and O–H groups in total. The SMILES string of the molecule is Cc1ncc(-c2ccnc(C(C)(C)C(=O)NCCN(C)C)c2)nc1-c1cc(-c2ccccc2)no1.[HH].[HH]. The van der Waals surface area contributed by atoms with E-state index in [1.165, 1.54) is 0 Å². The summed E-state index contributed by atoms with van der Waals surface area (Å²) in [6.45, 7) is 6.97. The Hall–Kier alpha value is -3.91. The van der Waals surface area contributed by atoms with Crippen LogP contribution in [0, 0.1) is 6.92 Å². The lowest BCUT2D eigenvalue weighted by Crippen LogP contribution is -2.43. The molecular formula is C27H34N6O2. The summed E-state index contributed by atoms with van der Waals surface area (Å²) in [7, 11) is 3.95. The Balaban J connectivity index is 0.00000241. The minimum Gasteiger partial charge on any atom is -0.354 e. The molecule has 0 fully saturated rings. The molecule has 1 amide bonds. The van der Waals surface area contributed by atoms with Crippen LogP contribution in [0.2, 0.25) is 0 Å². The second kappa shape index (κ2) is 10.1. The summed E-state index contributed by atoms with van der Waals surface area (Å²) in [6, 6.07) is 15.5. The fourth-order valence-electron chi connectivity index (χ4n) is 3.62. The van der Waals surface area contributed by atoms with Gasteiger partial charge in [0, 0.05) is 39.3 Å². The average Bonchev–Trinajstić information content (AvgIpc) is 3.35. The van der Waals surface area contributed by atoms with Gasteiger partial charge in [0.25, 0.3) is 0 Å². The number of rotatable bonds is 8. The number of hydrogen-bond donors (Lipinski definition) is 1. The zero-order valence-electron chi connectivity index (χ0n) is 20.7. The van der Waals surface area contributed by atoms with Gasteiger partial charge in [-0.3, -0.25) is 14.8 Å². The van der Waals surface area contributed by atoms with Crippen molar-refractivity contribution in [1.82, 2.24) is 30.3 Å². The Labute approximate surface area is 208 Å². The lowest BCUT2D eigenvalue weighted by Gasteiger charge is -2.24. The third-order valence-electron chi connectivity index (χ3n) is 5.88. The maximum Gasteiger partial charge on any atom is 0.231 e. The number of benzene rings is 1. The van der Waals surface area contributed by atoms with Crippen molar-refractivity contribution in [2.45, 2.75) is 26.2 Å². The van der Waals surface area contributed by atoms with Crippen LogP contribution >= 0.6 is 0 Å². The van der Waals surface area contributed by atoms with Crippen LogP contribution in [0.5, 0.6) is 0 Å². The predicted octanol–water partition coefficient (Wildman–Crippen LogP) is 4.62. The topological polar surface area (TPSA) is 97.0 Å². The van der Waals surface area contributed by atoms with Crippen LogP contribution in [0.4, 0.5) is 0 Å². The Morgan fingerprint density at radius 1 is 1.06 bits per heavy atom. The minimum atomic E-state index is -0.807. The predicted molar refractivity (Wildman–Crippen MR) is 140 cm³/mol. The van der Waals surface area contributed by atoms with Crippen molar-refractivity contribution in [1.29, 1.82) is 0 Å². The smallest absolute Gasteiger partial charge is 0.231 e. The first-order valence-electron chi connectivity index (χ1n) is 11.5. The molecule has 0 bridgehead atoms. The lowest BCUT2D eigenvalue weighted by atomic mass is 9.86. The highest BCUT2D eigenvalue weighted by atomic mass is 16.5. The van der Waals surface area contributed by atoms with E-state index in [2.05, 4.69) is 20.4 Å². The second-order valence-corrected chi connectivity index (χ2v) is 9.25. The van der Waals surface area contributed by atoms with Crippen LogP contribution in [0.25, 0.3) is 34.0 Å². The van der Waals surface area contributed by atoms with Gasteiger partial charge in [0.15, 0.2) is 5.76 Å². The van der Waals surface area contributed by atoms with Crippen LogP contribution in [-0.4, -0.2) is 58.1 Å². The van der Waals surface area contributed by atoms with Crippen molar-refractivity contribution in [3.05, 3.63) is 72.3 Å². The van der Waals surface area contributed by atoms with E-state index >= 15 is 0 Å². The maximum absolute atomic E-state index is 12.9. The molecule has 4 rings (SSSR count). The highest BCUT2D eigenvalue weighted by Crippen LogP contribution is 2.30. The third kappa shape index (κ3) is 5.44. The Bertz CT molecular complexity index is 1330. The molecule has 0 unspecified atom stereocenters. The number of likely N-dealkylation sites (N-methyl/N-ethyl adjacent to an activating group) is 1. The number of carbonyl (C=O) groups is 1. The number of pyridine rings is 1. The molecule has 0 aliphatic carbocycles. The van der Waals surface area contributed by atoms with E-state index in [0.717, 1.165) is 29.1 Å². The molecule has 8 heteroatoms. The first-order chi connectivity index (χ1) is 16.8. The van der Waals surface area contributed by atoms with Crippen LogP contribution < -0.4 is 5.32 Å². The monoisotopic (exact) mass is 474 g/mol. The minimum absolute atomic E-state index is 0. The number of carbonyl (C=O) groups excluding carboxylic acids is 1. The summed E-state index contributed by atoms with van der Waals surface area (Å²) in [5, 5.41) is 7.21. The van der Waals surface area contributed by atoms with E-state index in [1.54, 1.807) is 12.4 Å². The van der Waals surface area contributed by atoms with Crippen LogP contribution in [0.1, 0.15) is 28.1 Å². The molecular weight excluding hydrogens is 440 g/mol. The Morgan fingerprint density at radius 3 is 2.57 bits per heavy atom. The van der Waals surface area contributed by atoms with Crippen molar-refractivity contribution in [2.24, 2.45) is 0 Å². The normalized spacial score (nSPS) is 11.6. The molecule has 4 aromatic rings. The number of aryl methyl sites for hydroxylation is 1. The van der Waals surface area contributed by atoms with E-state index in [1.807, 2.05) is 88.3 Å². The van der Waals surface area contributed by atoms with Crippen molar-refractivity contribution in [3.63, 3.8) is 0 Å². The molecule has 184 valence electrons. The van der Waals surface area contributed by atoms with E-state index in [9.17, 15) is 4.79 Å². The van der Waals surface area contributed by atoms with Crippen LogP contribution in [-0.2, 0) is 10.2 Å². The van der Waals surface area contributed by atoms with Crippen molar-refractivity contribution in [2.75, 3.05) is 27.2 Å². The van der Waals surface area contributed by atoms with E-state index in [0.29, 0.717) is 29.4 Å². The largest absolute Gasteiger partial charge is 0.354 e. The highest BCUT2D eigenvalue weighted by molar-refractivity contribution is 5.87. The molecule has 3 heterocycles. The van der Waals surface area contributed by atoms with E-state index in [-0.39, 0.29) is 8.76 Å². The average molecular weight is 475 g/mol. The zero-order valence-corrected chi connectivity index (χ0v) is 20.7.